The molecule has 1 atom stereocenters. The first-order valence-corrected chi connectivity index (χ1v) is 13.3. The van der Waals surface area contributed by atoms with Gasteiger partial charge in [0, 0.05) is 28.2 Å². The molecule has 3 rings (SSSR count). The molecule has 0 saturated heterocycles. The van der Waals surface area contributed by atoms with Crippen molar-refractivity contribution in [1.29, 1.82) is 0 Å². The molecule has 0 aliphatic heterocycles. The topological polar surface area (TPSA) is 43.4 Å². The normalized spacial score (nSPS) is 13.8. The van der Waals surface area contributed by atoms with E-state index in [1.165, 1.54) is 0 Å². The Hall–Kier alpha value is -1.92. The Morgan fingerprint density at radius 2 is 1.07 bits per heavy atom. The second-order valence-electron chi connectivity index (χ2n) is 6.64. The van der Waals surface area contributed by atoms with Crippen molar-refractivity contribution in [2.24, 2.45) is 0 Å². The summed E-state index contributed by atoms with van der Waals surface area (Å²) >= 11 is 0. The molecular formula is C23H26O3P2. The van der Waals surface area contributed by atoms with Gasteiger partial charge in [-0.2, -0.15) is 0 Å². The Balaban J connectivity index is 1.85. The van der Waals surface area contributed by atoms with E-state index < -0.39 is 14.5 Å². The molecule has 0 aliphatic rings. The van der Waals surface area contributed by atoms with Crippen LogP contribution in [0, 0.1) is 0 Å². The van der Waals surface area contributed by atoms with E-state index in [0.717, 1.165) is 15.9 Å². The summed E-state index contributed by atoms with van der Waals surface area (Å²) in [4.78, 5) is 0. The van der Waals surface area contributed by atoms with E-state index in [1.807, 2.05) is 97.9 Å². The molecule has 1 unspecified atom stereocenters. The quantitative estimate of drug-likeness (QED) is 0.463. The van der Waals surface area contributed by atoms with Gasteiger partial charge in [-0.25, -0.2) is 0 Å². The lowest BCUT2D eigenvalue weighted by Crippen LogP contribution is -2.19. The van der Waals surface area contributed by atoms with E-state index >= 15 is 0 Å². The molecule has 0 saturated carbocycles. The molecule has 3 aromatic rings. The molecule has 0 heterocycles. The number of rotatable bonds is 9. The predicted molar refractivity (Wildman–Crippen MR) is 119 cm³/mol. The average molecular weight is 412 g/mol. The molecule has 0 fully saturated rings. The van der Waals surface area contributed by atoms with E-state index in [9.17, 15) is 9.13 Å². The monoisotopic (exact) mass is 412 g/mol. The van der Waals surface area contributed by atoms with Crippen LogP contribution in [0.15, 0.2) is 91.0 Å². The molecule has 5 heteroatoms. The molecule has 0 bridgehead atoms. The largest absolute Gasteiger partial charge is 0.326 e. The van der Waals surface area contributed by atoms with Crippen molar-refractivity contribution < 1.29 is 13.7 Å². The first kappa shape index (κ1) is 20.8. The zero-order valence-corrected chi connectivity index (χ0v) is 17.9. The van der Waals surface area contributed by atoms with E-state index in [4.69, 9.17) is 4.52 Å². The number of hydrogen-bond donors (Lipinski definition) is 0. The summed E-state index contributed by atoms with van der Waals surface area (Å²) in [6, 6.07) is 28.6. The van der Waals surface area contributed by atoms with Gasteiger partial charge in [-0.3, -0.25) is 4.57 Å². The summed E-state index contributed by atoms with van der Waals surface area (Å²) < 4.78 is 33.2. The maximum Gasteiger partial charge on any atom is 0.232 e. The summed E-state index contributed by atoms with van der Waals surface area (Å²) in [5.74, 6) is 0. The van der Waals surface area contributed by atoms with Gasteiger partial charge in [0.05, 0.1) is 6.61 Å². The van der Waals surface area contributed by atoms with Crippen molar-refractivity contribution in [3.8, 4) is 0 Å². The van der Waals surface area contributed by atoms with Crippen LogP contribution in [0.2, 0.25) is 0 Å². The van der Waals surface area contributed by atoms with Gasteiger partial charge >= 0.3 is 0 Å². The molecule has 0 spiro atoms. The van der Waals surface area contributed by atoms with Crippen molar-refractivity contribution in [2.45, 2.75) is 13.3 Å². The van der Waals surface area contributed by atoms with Gasteiger partial charge in [0.2, 0.25) is 7.37 Å². The molecule has 28 heavy (non-hydrogen) atoms. The van der Waals surface area contributed by atoms with Crippen LogP contribution in [0.3, 0.4) is 0 Å². The second-order valence-corrected chi connectivity index (χ2v) is 12.2. The third-order valence-corrected chi connectivity index (χ3v) is 10.6. The first-order chi connectivity index (χ1) is 13.6. The average Bonchev–Trinajstić information content (AvgIpc) is 2.76. The molecule has 0 aromatic heterocycles. The fourth-order valence-electron chi connectivity index (χ4n) is 3.38. The summed E-state index contributed by atoms with van der Waals surface area (Å²) in [7, 11) is -5.76. The van der Waals surface area contributed by atoms with Crippen LogP contribution in [-0.2, 0) is 13.7 Å². The lowest BCUT2D eigenvalue weighted by atomic mass is 10.4. The fourth-order valence-corrected chi connectivity index (χ4v) is 8.51. The third kappa shape index (κ3) is 4.73. The molecule has 146 valence electrons. The van der Waals surface area contributed by atoms with Gasteiger partial charge in [-0.1, -0.05) is 78.9 Å². The summed E-state index contributed by atoms with van der Waals surface area (Å²) in [5.41, 5.74) is 0. The highest BCUT2D eigenvalue weighted by Crippen LogP contribution is 2.49. The smallest absolute Gasteiger partial charge is 0.232 e. The minimum Gasteiger partial charge on any atom is -0.326 e. The zero-order chi connectivity index (χ0) is 19.9. The van der Waals surface area contributed by atoms with Crippen molar-refractivity contribution >= 4 is 30.4 Å². The first-order valence-electron chi connectivity index (χ1n) is 9.58. The Kier molecular flexibility index (Phi) is 7.08. The van der Waals surface area contributed by atoms with E-state index in [-0.39, 0.29) is 0 Å². The second kappa shape index (κ2) is 9.52. The highest BCUT2D eigenvalue weighted by atomic mass is 31.2. The number of hydrogen-bond acceptors (Lipinski definition) is 3. The Labute approximate surface area is 167 Å². The van der Waals surface area contributed by atoms with Gasteiger partial charge in [-0.15, -0.1) is 0 Å². The standard InChI is InChI=1S/C23H26O3P2/c1-2-26-28(25,23-17-10-5-11-18-23)20-12-19-27(24,21-13-6-3-7-14-21)22-15-8-4-9-16-22/h3-11,13-18H,2,12,19-20H2,1H3. The maximum absolute atomic E-state index is 14.1. The number of benzene rings is 3. The summed E-state index contributed by atoms with van der Waals surface area (Å²) in [6.45, 7) is 2.25. The van der Waals surface area contributed by atoms with Crippen molar-refractivity contribution in [2.75, 3.05) is 18.9 Å². The van der Waals surface area contributed by atoms with Crippen LogP contribution in [0.5, 0.6) is 0 Å². The van der Waals surface area contributed by atoms with Crippen molar-refractivity contribution in [3.63, 3.8) is 0 Å². The SMILES string of the molecule is CCOP(=O)(CCCP(=O)(c1ccccc1)c1ccccc1)c1ccccc1. The van der Waals surface area contributed by atoms with E-state index in [2.05, 4.69) is 0 Å². The maximum atomic E-state index is 14.1. The predicted octanol–water partition coefficient (Wildman–Crippen LogP) is 5.03. The molecule has 0 aliphatic carbocycles. The molecule has 0 N–H and O–H groups in total. The molecule has 3 aromatic carbocycles. The van der Waals surface area contributed by atoms with Gasteiger partial charge < -0.3 is 9.09 Å². The van der Waals surface area contributed by atoms with E-state index in [0.29, 0.717) is 25.4 Å². The lowest BCUT2D eigenvalue weighted by Gasteiger charge is -2.22. The van der Waals surface area contributed by atoms with Crippen LogP contribution >= 0.6 is 14.5 Å². The Morgan fingerprint density at radius 1 is 0.643 bits per heavy atom. The summed E-state index contributed by atoms with van der Waals surface area (Å²) in [6.07, 6.45) is 1.41. The van der Waals surface area contributed by atoms with Crippen molar-refractivity contribution in [1.82, 2.24) is 0 Å². The minimum atomic E-state index is -2.96. The van der Waals surface area contributed by atoms with Gasteiger partial charge in [0.1, 0.15) is 7.14 Å². The fraction of sp³-hybridized carbons (Fsp3) is 0.217. The highest BCUT2D eigenvalue weighted by molar-refractivity contribution is 7.78. The third-order valence-electron chi connectivity index (χ3n) is 4.76. The molecular weight excluding hydrogens is 386 g/mol. The zero-order valence-electron chi connectivity index (χ0n) is 16.1. The van der Waals surface area contributed by atoms with Gasteiger partial charge in [-0.05, 0) is 25.5 Å². The Morgan fingerprint density at radius 3 is 1.50 bits per heavy atom. The van der Waals surface area contributed by atoms with Crippen LogP contribution in [0.1, 0.15) is 13.3 Å². The van der Waals surface area contributed by atoms with Crippen LogP contribution in [0.25, 0.3) is 0 Å². The highest BCUT2D eigenvalue weighted by Gasteiger charge is 2.30. The minimum absolute atomic E-state index is 0.383. The van der Waals surface area contributed by atoms with Gasteiger partial charge in [0.25, 0.3) is 0 Å². The van der Waals surface area contributed by atoms with Crippen LogP contribution in [0.4, 0.5) is 0 Å². The molecule has 0 amide bonds. The lowest BCUT2D eigenvalue weighted by molar-refractivity contribution is 0.340. The van der Waals surface area contributed by atoms with Crippen molar-refractivity contribution in [3.05, 3.63) is 91.0 Å². The summed E-state index contributed by atoms with van der Waals surface area (Å²) in [5, 5.41) is 2.41. The van der Waals surface area contributed by atoms with Gasteiger partial charge in [0.15, 0.2) is 0 Å². The van der Waals surface area contributed by atoms with Crippen LogP contribution < -0.4 is 15.9 Å². The Bertz CT molecular complexity index is 913. The van der Waals surface area contributed by atoms with Crippen LogP contribution in [-0.4, -0.2) is 18.9 Å². The molecule has 0 radical (unpaired) electrons. The molecule has 3 nitrogen and oxygen atoms in total. The van der Waals surface area contributed by atoms with E-state index in [1.54, 1.807) is 0 Å².